The maximum atomic E-state index is 5.88. The van der Waals surface area contributed by atoms with Gasteiger partial charge >= 0.3 is 0 Å². The van der Waals surface area contributed by atoms with Crippen LogP contribution in [0.3, 0.4) is 0 Å². The number of halogens is 1. The molecule has 1 aromatic rings. The van der Waals surface area contributed by atoms with Crippen LogP contribution in [0, 0.1) is 6.92 Å². The standard InChI is InChI=1S/C12H18ClN3/c1-3-10-6-4-5-7-16(10)11-9(2)8-14-12(13)15-11/h8,10H,3-7H2,1-2H3. The Balaban J connectivity index is 2.30. The van der Waals surface area contributed by atoms with Crippen LogP contribution in [0.5, 0.6) is 0 Å². The Bertz CT molecular complexity index is 367. The molecule has 1 aliphatic rings. The summed E-state index contributed by atoms with van der Waals surface area (Å²) in [4.78, 5) is 10.8. The van der Waals surface area contributed by atoms with Crippen LogP contribution in [-0.2, 0) is 0 Å². The quantitative estimate of drug-likeness (QED) is 0.743. The van der Waals surface area contributed by atoms with Gasteiger partial charge in [-0.25, -0.2) is 9.97 Å². The zero-order chi connectivity index (χ0) is 11.5. The minimum atomic E-state index is 0.348. The first-order valence-electron chi connectivity index (χ1n) is 5.98. The van der Waals surface area contributed by atoms with Crippen LogP contribution in [0.15, 0.2) is 6.20 Å². The number of aryl methyl sites for hydroxylation is 1. The summed E-state index contributed by atoms with van der Waals surface area (Å²) in [7, 11) is 0. The average molecular weight is 240 g/mol. The van der Waals surface area contributed by atoms with Gasteiger partial charge in [-0.1, -0.05) is 6.92 Å². The number of nitrogens with zero attached hydrogens (tertiary/aromatic N) is 3. The van der Waals surface area contributed by atoms with Crippen molar-refractivity contribution in [2.75, 3.05) is 11.4 Å². The zero-order valence-electron chi connectivity index (χ0n) is 9.91. The molecule has 1 unspecified atom stereocenters. The second-order valence-corrected chi connectivity index (χ2v) is 4.73. The van der Waals surface area contributed by atoms with E-state index < -0.39 is 0 Å². The minimum Gasteiger partial charge on any atom is -0.353 e. The van der Waals surface area contributed by atoms with Crippen LogP contribution in [0.4, 0.5) is 5.82 Å². The summed E-state index contributed by atoms with van der Waals surface area (Å²) in [6, 6.07) is 0.610. The molecule has 0 N–H and O–H groups in total. The van der Waals surface area contributed by atoms with Crippen molar-refractivity contribution in [1.29, 1.82) is 0 Å². The van der Waals surface area contributed by atoms with E-state index in [0.717, 1.165) is 17.9 Å². The Kier molecular flexibility index (Phi) is 3.64. The normalized spacial score (nSPS) is 21.2. The molecule has 2 heterocycles. The summed E-state index contributed by atoms with van der Waals surface area (Å²) in [6.45, 7) is 5.38. The SMILES string of the molecule is CCC1CCCCN1c1nc(Cl)ncc1C. The minimum absolute atomic E-state index is 0.348. The molecule has 1 aromatic heterocycles. The predicted octanol–water partition coefficient (Wildman–Crippen LogP) is 3.21. The molecule has 4 heteroatoms. The molecule has 0 aromatic carbocycles. The number of hydrogen-bond acceptors (Lipinski definition) is 3. The predicted molar refractivity (Wildman–Crippen MR) is 67.1 cm³/mol. The van der Waals surface area contributed by atoms with Crippen molar-refractivity contribution in [3.63, 3.8) is 0 Å². The molecule has 0 amide bonds. The number of anilines is 1. The van der Waals surface area contributed by atoms with E-state index in [1.165, 1.54) is 25.7 Å². The smallest absolute Gasteiger partial charge is 0.224 e. The second kappa shape index (κ2) is 5.00. The fourth-order valence-electron chi connectivity index (χ4n) is 2.41. The summed E-state index contributed by atoms with van der Waals surface area (Å²) in [5, 5.41) is 0.348. The van der Waals surface area contributed by atoms with Crippen molar-refractivity contribution < 1.29 is 0 Å². The molecule has 3 nitrogen and oxygen atoms in total. The van der Waals surface area contributed by atoms with E-state index in [1.807, 2.05) is 13.1 Å². The van der Waals surface area contributed by atoms with Gasteiger partial charge in [0.1, 0.15) is 5.82 Å². The highest BCUT2D eigenvalue weighted by Crippen LogP contribution is 2.27. The Morgan fingerprint density at radius 3 is 3.06 bits per heavy atom. The van der Waals surface area contributed by atoms with Crippen molar-refractivity contribution in [1.82, 2.24) is 9.97 Å². The largest absolute Gasteiger partial charge is 0.353 e. The molecule has 0 aliphatic carbocycles. The first-order valence-corrected chi connectivity index (χ1v) is 6.36. The van der Waals surface area contributed by atoms with Gasteiger partial charge < -0.3 is 4.90 Å². The molecule has 0 saturated carbocycles. The van der Waals surface area contributed by atoms with Crippen molar-refractivity contribution in [2.45, 2.75) is 45.6 Å². The zero-order valence-corrected chi connectivity index (χ0v) is 10.7. The maximum Gasteiger partial charge on any atom is 0.224 e. The molecular weight excluding hydrogens is 222 g/mol. The van der Waals surface area contributed by atoms with E-state index >= 15 is 0 Å². The molecule has 0 spiro atoms. The van der Waals surface area contributed by atoms with Crippen molar-refractivity contribution >= 4 is 17.4 Å². The molecule has 88 valence electrons. The first kappa shape index (κ1) is 11.6. The molecule has 2 rings (SSSR count). The van der Waals surface area contributed by atoms with Gasteiger partial charge in [0.2, 0.25) is 5.28 Å². The van der Waals surface area contributed by atoms with Gasteiger partial charge in [0.15, 0.2) is 0 Å². The molecule has 1 aliphatic heterocycles. The Morgan fingerprint density at radius 2 is 2.31 bits per heavy atom. The summed E-state index contributed by atoms with van der Waals surface area (Å²) in [5.74, 6) is 1.02. The Hall–Kier alpha value is -0.830. The lowest BCUT2D eigenvalue weighted by atomic mass is 10.00. The van der Waals surface area contributed by atoms with Gasteiger partial charge in [0.25, 0.3) is 0 Å². The molecule has 0 radical (unpaired) electrons. The lowest BCUT2D eigenvalue weighted by Gasteiger charge is -2.36. The van der Waals surface area contributed by atoms with Gasteiger partial charge in [-0.3, -0.25) is 0 Å². The van der Waals surface area contributed by atoms with E-state index in [1.54, 1.807) is 0 Å². The molecule has 16 heavy (non-hydrogen) atoms. The van der Waals surface area contributed by atoms with Gasteiger partial charge in [0, 0.05) is 24.3 Å². The number of aromatic nitrogens is 2. The lowest BCUT2D eigenvalue weighted by Crippen LogP contribution is -2.40. The number of hydrogen-bond donors (Lipinski definition) is 0. The maximum absolute atomic E-state index is 5.88. The van der Waals surface area contributed by atoms with E-state index in [-0.39, 0.29) is 0 Å². The number of piperidine rings is 1. The van der Waals surface area contributed by atoms with E-state index in [2.05, 4.69) is 21.8 Å². The third kappa shape index (κ3) is 2.29. The summed E-state index contributed by atoms with van der Waals surface area (Å²) < 4.78 is 0. The molecule has 1 fully saturated rings. The van der Waals surface area contributed by atoms with E-state index in [9.17, 15) is 0 Å². The topological polar surface area (TPSA) is 29.0 Å². The molecule has 0 bridgehead atoms. The van der Waals surface area contributed by atoms with Crippen LogP contribution < -0.4 is 4.90 Å². The molecule has 1 saturated heterocycles. The van der Waals surface area contributed by atoms with Crippen molar-refractivity contribution in [3.05, 3.63) is 17.0 Å². The fraction of sp³-hybridized carbons (Fsp3) is 0.667. The third-order valence-corrected chi connectivity index (χ3v) is 3.47. The summed E-state index contributed by atoms with van der Waals surface area (Å²) in [6.07, 6.45) is 6.81. The van der Waals surface area contributed by atoms with E-state index in [0.29, 0.717) is 11.3 Å². The van der Waals surface area contributed by atoms with Gasteiger partial charge in [0.05, 0.1) is 0 Å². The number of rotatable bonds is 2. The van der Waals surface area contributed by atoms with Crippen LogP contribution in [0.1, 0.15) is 38.2 Å². The van der Waals surface area contributed by atoms with Crippen molar-refractivity contribution in [2.24, 2.45) is 0 Å². The highest BCUT2D eigenvalue weighted by atomic mass is 35.5. The molecule has 1 atom stereocenters. The van der Waals surface area contributed by atoms with E-state index in [4.69, 9.17) is 11.6 Å². The highest BCUT2D eigenvalue weighted by molar-refractivity contribution is 6.28. The third-order valence-electron chi connectivity index (χ3n) is 3.29. The highest BCUT2D eigenvalue weighted by Gasteiger charge is 2.23. The summed E-state index contributed by atoms with van der Waals surface area (Å²) >= 11 is 5.88. The van der Waals surface area contributed by atoms with Crippen LogP contribution in [-0.4, -0.2) is 22.6 Å². The van der Waals surface area contributed by atoms with Gasteiger partial charge in [-0.05, 0) is 44.2 Å². The Labute approximate surface area is 102 Å². The summed E-state index contributed by atoms with van der Waals surface area (Å²) in [5.41, 5.74) is 1.12. The Morgan fingerprint density at radius 1 is 1.50 bits per heavy atom. The monoisotopic (exact) mass is 239 g/mol. The second-order valence-electron chi connectivity index (χ2n) is 4.40. The van der Waals surface area contributed by atoms with Crippen LogP contribution in [0.2, 0.25) is 5.28 Å². The van der Waals surface area contributed by atoms with Crippen molar-refractivity contribution in [3.8, 4) is 0 Å². The first-order chi connectivity index (χ1) is 7.72. The average Bonchev–Trinajstić information content (AvgIpc) is 2.32. The van der Waals surface area contributed by atoms with Gasteiger partial charge in [-0.2, -0.15) is 0 Å². The fourth-order valence-corrected chi connectivity index (χ4v) is 2.54. The lowest BCUT2D eigenvalue weighted by molar-refractivity contribution is 0.446. The van der Waals surface area contributed by atoms with Crippen LogP contribution in [0.25, 0.3) is 0 Å². The molecular formula is C12H18ClN3. The van der Waals surface area contributed by atoms with Gasteiger partial charge in [-0.15, -0.1) is 0 Å². The van der Waals surface area contributed by atoms with Crippen LogP contribution >= 0.6 is 11.6 Å².